The number of carboxylic acid groups (broad SMARTS) is 1. The molecular formula is C10H7NO3. The molecule has 0 spiro atoms. The average Bonchev–Trinajstić information content (AvgIpc) is 2.15. The molecule has 0 radical (unpaired) electrons. The van der Waals surface area contributed by atoms with Gasteiger partial charge in [0.15, 0.2) is 6.29 Å². The minimum Gasteiger partial charge on any atom is -0.478 e. The number of carbonyl (C=O) groups excluding carboxylic acids is 1. The van der Waals surface area contributed by atoms with Gasteiger partial charge in [-0.15, -0.1) is 0 Å². The van der Waals surface area contributed by atoms with Crippen LogP contribution >= 0.6 is 0 Å². The van der Waals surface area contributed by atoms with Crippen molar-refractivity contribution in [3.05, 3.63) is 29.3 Å². The van der Waals surface area contributed by atoms with E-state index in [0.717, 1.165) is 0 Å². The molecule has 1 aromatic carbocycles. The summed E-state index contributed by atoms with van der Waals surface area (Å²) < 4.78 is 0. The summed E-state index contributed by atoms with van der Waals surface area (Å²) in [5, 5.41) is 8.78. The molecule has 0 saturated carbocycles. The van der Waals surface area contributed by atoms with Crippen LogP contribution in [0.4, 0.5) is 5.69 Å². The van der Waals surface area contributed by atoms with E-state index in [4.69, 9.17) is 10.8 Å². The molecule has 1 rings (SSSR count). The van der Waals surface area contributed by atoms with Gasteiger partial charge >= 0.3 is 5.97 Å². The lowest BCUT2D eigenvalue weighted by molar-refractivity contribution is -0.103. The Kier molecular flexibility index (Phi) is 2.87. The van der Waals surface area contributed by atoms with Gasteiger partial charge in [-0.25, -0.2) is 4.79 Å². The summed E-state index contributed by atoms with van der Waals surface area (Å²) in [5.74, 6) is 3.44. The predicted octanol–water partition coefficient (Wildman–Crippen LogP) is 0.517. The van der Waals surface area contributed by atoms with Gasteiger partial charge < -0.3 is 10.8 Å². The van der Waals surface area contributed by atoms with Gasteiger partial charge in [-0.2, -0.15) is 0 Å². The van der Waals surface area contributed by atoms with Gasteiger partial charge in [-0.3, -0.25) is 4.79 Å². The van der Waals surface area contributed by atoms with E-state index >= 15 is 0 Å². The molecule has 1 aromatic rings. The molecule has 0 aliphatic heterocycles. The fourth-order valence-electron chi connectivity index (χ4n) is 0.955. The summed E-state index contributed by atoms with van der Waals surface area (Å²) in [6, 6.07) is 4.30. The smallest absolute Gasteiger partial charge is 0.337 e. The van der Waals surface area contributed by atoms with Crippen LogP contribution in [0.5, 0.6) is 0 Å². The van der Waals surface area contributed by atoms with Crippen molar-refractivity contribution < 1.29 is 14.7 Å². The second kappa shape index (κ2) is 4.10. The van der Waals surface area contributed by atoms with Crippen LogP contribution in [0.3, 0.4) is 0 Å². The lowest BCUT2D eigenvalue weighted by Crippen LogP contribution is -2.01. The molecule has 0 aromatic heterocycles. The summed E-state index contributed by atoms with van der Waals surface area (Å²) in [6.45, 7) is 0. The standard InChI is InChI=1S/C10H7NO3/c11-8-4-3-7(2-1-5-12)9(6-8)10(13)14/h3-6H,11H2,(H,13,14). The van der Waals surface area contributed by atoms with Crippen molar-refractivity contribution in [1.82, 2.24) is 0 Å². The number of aldehydes is 1. The predicted molar refractivity (Wildman–Crippen MR) is 50.8 cm³/mol. The second-order valence-electron chi connectivity index (χ2n) is 2.50. The Morgan fingerprint density at radius 3 is 2.79 bits per heavy atom. The molecular weight excluding hydrogens is 182 g/mol. The summed E-state index contributed by atoms with van der Waals surface area (Å²) in [4.78, 5) is 20.7. The highest BCUT2D eigenvalue weighted by Gasteiger charge is 2.08. The Morgan fingerprint density at radius 1 is 1.50 bits per heavy atom. The van der Waals surface area contributed by atoms with Crippen LogP contribution in [0, 0.1) is 11.8 Å². The third kappa shape index (κ3) is 2.11. The Morgan fingerprint density at radius 2 is 2.21 bits per heavy atom. The monoisotopic (exact) mass is 189 g/mol. The Hall–Kier alpha value is -2.28. The number of benzene rings is 1. The molecule has 4 nitrogen and oxygen atoms in total. The summed E-state index contributed by atoms with van der Waals surface area (Å²) in [7, 11) is 0. The number of hydrogen-bond donors (Lipinski definition) is 2. The van der Waals surface area contributed by atoms with Crippen molar-refractivity contribution in [2.24, 2.45) is 0 Å². The van der Waals surface area contributed by atoms with Crippen LogP contribution in [-0.2, 0) is 4.79 Å². The van der Waals surface area contributed by atoms with Crippen LogP contribution in [0.2, 0.25) is 0 Å². The first-order valence-corrected chi connectivity index (χ1v) is 3.73. The van der Waals surface area contributed by atoms with Gasteiger partial charge in [0.1, 0.15) is 0 Å². The SMILES string of the molecule is Nc1ccc(C#CC=O)c(C(=O)O)c1. The molecule has 14 heavy (non-hydrogen) atoms. The van der Waals surface area contributed by atoms with Crippen molar-refractivity contribution in [2.75, 3.05) is 5.73 Å². The minimum absolute atomic E-state index is 0.000602. The highest BCUT2D eigenvalue weighted by atomic mass is 16.4. The van der Waals surface area contributed by atoms with E-state index in [1.165, 1.54) is 18.2 Å². The van der Waals surface area contributed by atoms with Crippen molar-refractivity contribution in [2.45, 2.75) is 0 Å². The third-order valence-corrected chi connectivity index (χ3v) is 1.54. The number of carbonyl (C=O) groups is 2. The first-order valence-electron chi connectivity index (χ1n) is 3.73. The molecule has 0 heterocycles. The van der Waals surface area contributed by atoms with E-state index < -0.39 is 5.97 Å². The topological polar surface area (TPSA) is 80.4 Å². The number of anilines is 1. The summed E-state index contributed by atoms with van der Waals surface area (Å²) >= 11 is 0. The van der Waals surface area contributed by atoms with Gasteiger partial charge in [-0.05, 0) is 24.1 Å². The van der Waals surface area contributed by atoms with E-state index in [1.807, 2.05) is 0 Å². The Bertz CT molecular complexity index is 440. The zero-order valence-corrected chi connectivity index (χ0v) is 7.15. The first kappa shape index (κ1) is 9.81. The molecule has 0 fully saturated rings. The summed E-state index contributed by atoms with van der Waals surface area (Å²) in [6.07, 6.45) is 0.405. The minimum atomic E-state index is -1.12. The van der Waals surface area contributed by atoms with Crippen LogP contribution < -0.4 is 5.73 Å². The van der Waals surface area contributed by atoms with E-state index in [9.17, 15) is 9.59 Å². The van der Waals surface area contributed by atoms with E-state index in [0.29, 0.717) is 12.0 Å². The molecule has 0 saturated heterocycles. The first-order chi connectivity index (χ1) is 6.65. The van der Waals surface area contributed by atoms with Crippen LogP contribution in [-0.4, -0.2) is 17.4 Å². The molecule has 4 heteroatoms. The number of aromatic carboxylic acids is 1. The third-order valence-electron chi connectivity index (χ3n) is 1.54. The fraction of sp³-hybridized carbons (Fsp3) is 0. The van der Waals surface area contributed by atoms with Crippen LogP contribution in [0.15, 0.2) is 18.2 Å². The van der Waals surface area contributed by atoms with E-state index in [1.54, 1.807) is 0 Å². The number of rotatable bonds is 1. The molecule has 70 valence electrons. The van der Waals surface area contributed by atoms with E-state index in [2.05, 4.69) is 11.8 Å². The van der Waals surface area contributed by atoms with Crippen LogP contribution in [0.1, 0.15) is 15.9 Å². The molecule has 0 atom stereocenters. The van der Waals surface area contributed by atoms with Gasteiger partial charge in [0.2, 0.25) is 0 Å². The zero-order valence-electron chi connectivity index (χ0n) is 7.15. The average molecular weight is 189 g/mol. The highest BCUT2D eigenvalue weighted by Crippen LogP contribution is 2.12. The molecule has 3 N–H and O–H groups in total. The Labute approximate surface area is 80.3 Å². The maximum atomic E-state index is 10.7. The Balaban J connectivity index is 3.28. The zero-order chi connectivity index (χ0) is 10.6. The maximum Gasteiger partial charge on any atom is 0.337 e. The number of carboxylic acids is 1. The number of nitrogens with two attached hydrogens (primary N) is 1. The van der Waals surface area contributed by atoms with Crippen LogP contribution in [0.25, 0.3) is 0 Å². The normalized spacial score (nSPS) is 8.57. The van der Waals surface area contributed by atoms with Crippen molar-refractivity contribution >= 4 is 17.9 Å². The fourth-order valence-corrected chi connectivity index (χ4v) is 0.955. The number of hydrogen-bond acceptors (Lipinski definition) is 3. The van der Waals surface area contributed by atoms with Gasteiger partial charge in [-0.1, -0.05) is 5.92 Å². The van der Waals surface area contributed by atoms with Gasteiger partial charge in [0, 0.05) is 11.3 Å². The second-order valence-corrected chi connectivity index (χ2v) is 2.50. The van der Waals surface area contributed by atoms with Gasteiger partial charge in [0.05, 0.1) is 5.56 Å². The maximum absolute atomic E-state index is 10.7. The largest absolute Gasteiger partial charge is 0.478 e. The highest BCUT2D eigenvalue weighted by molar-refractivity contribution is 5.92. The molecule has 0 bridgehead atoms. The van der Waals surface area contributed by atoms with Gasteiger partial charge in [0.25, 0.3) is 0 Å². The summed E-state index contributed by atoms with van der Waals surface area (Å²) in [5.41, 5.74) is 6.04. The quantitative estimate of drug-likeness (QED) is 0.383. The lowest BCUT2D eigenvalue weighted by Gasteiger charge is -1.99. The van der Waals surface area contributed by atoms with E-state index in [-0.39, 0.29) is 11.1 Å². The molecule has 0 amide bonds. The lowest BCUT2D eigenvalue weighted by atomic mass is 10.1. The molecule has 0 unspecified atom stereocenters. The van der Waals surface area contributed by atoms with Crippen molar-refractivity contribution in [1.29, 1.82) is 0 Å². The van der Waals surface area contributed by atoms with Crippen molar-refractivity contribution in [3.8, 4) is 11.8 Å². The van der Waals surface area contributed by atoms with Crippen molar-refractivity contribution in [3.63, 3.8) is 0 Å². The molecule has 0 aliphatic rings. The molecule has 0 aliphatic carbocycles. The number of nitrogen functional groups attached to an aromatic ring is 1.